The third kappa shape index (κ3) is 4.35. The van der Waals surface area contributed by atoms with E-state index in [1.54, 1.807) is 14.0 Å². The van der Waals surface area contributed by atoms with E-state index in [0.29, 0.717) is 36.0 Å². The molecule has 0 bridgehead atoms. The van der Waals surface area contributed by atoms with Crippen molar-refractivity contribution in [1.82, 2.24) is 25.9 Å². The summed E-state index contributed by atoms with van der Waals surface area (Å²) >= 11 is 0. The molecule has 1 saturated carbocycles. The van der Waals surface area contributed by atoms with Crippen LogP contribution in [0, 0.1) is 19.8 Å². The van der Waals surface area contributed by atoms with Gasteiger partial charge in [-0.1, -0.05) is 40.6 Å². The van der Waals surface area contributed by atoms with Gasteiger partial charge in [-0.2, -0.15) is 4.98 Å². The van der Waals surface area contributed by atoms with E-state index in [1.165, 1.54) is 0 Å². The van der Waals surface area contributed by atoms with Gasteiger partial charge < -0.3 is 19.7 Å². The van der Waals surface area contributed by atoms with Crippen LogP contribution in [0.3, 0.4) is 0 Å². The highest BCUT2D eigenvalue weighted by Crippen LogP contribution is 2.38. The summed E-state index contributed by atoms with van der Waals surface area (Å²) in [5.41, 5.74) is 2.32. The molecule has 0 aliphatic heterocycles. The maximum absolute atomic E-state index is 12.8. The van der Waals surface area contributed by atoms with E-state index in [4.69, 9.17) is 9.05 Å². The van der Waals surface area contributed by atoms with Crippen molar-refractivity contribution in [2.75, 3.05) is 7.05 Å². The van der Waals surface area contributed by atoms with Crippen molar-refractivity contribution in [1.29, 1.82) is 0 Å². The number of carbonyl (C=O) groups is 2. The summed E-state index contributed by atoms with van der Waals surface area (Å²) in [7, 11) is 1.61. The molecule has 1 aromatic carbocycles. The van der Waals surface area contributed by atoms with Gasteiger partial charge in [-0.05, 0) is 26.7 Å². The first-order valence-corrected chi connectivity index (χ1v) is 10.3. The first kappa shape index (κ1) is 20.8. The minimum absolute atomic E-state index is 0.0599. The van der Waals surface area contributed by atoms with Gasteiger partial charge in [0.05, 0.1) is 18.0 Å². The SMILES string of the molecule is CNC(=O)[C@H]1C[C@H](NC(=O)Cc2c(C)noc2C)[C@H](c2nc(-c3ccccc3)no2)C1. The van der Waals surface area contributed by atoms with Crippen molar-refractivity contribution in [3.63, 3.8) is 0 Å². The van der Waals surface area contributed by atoms with Crippen molar-refractivity contribution in [3.8, 4) is 11.4 Å². The zero-order valence-electron chi connectivity index (χ0n) is 17.7. The predicted molar refractivity (Wildman–Crippen MR) is 111 cm³/mol. The lowest BCUT2D eigenvalue weighted by Crippen LogP contribution is -2.38. The molecule has 3 aromatic rings. The lowest BCUT2D eigenvalue weighted by Gasteiger charge is -2.18. The lowest BCUT2D eigenvalue weighted by atomic mass is 10.0. The van der Waals surface area contributed by atoms with Crippen molar-refractivity contribution < 1.29 is 18.6 Å². The van der Waals surface area contributed by atoms with Crippen molar-refractivity contribution in [2.24, 2.45) is 5.92 Å². The van der Waals surface area contributed by atoms with E-state index < -0.39 is 0 Å². The normalized spacial score (nSPS) is 20.5. The van der Waals surface area contributed by atoms with E-state index in [-0.39, 0.29) is 36.1 Å². The topological polar surface area (TPSA) is 123 Å². The Labute approximate surface area is 179 Å². The first-order valence-electron chi connectivity index (χ1n) is 10.3. The molecular formula is C22H25N5O4. The Balaban J connectivity index is 1.53. The van der Waals surface area contributed by atoms with Crippen molar-refractivity contribution >= 4 is 11.8 Å². The second-order valence-corrected chi connectivity index (χ2v) is 7.86. The molecule has 0 spiro atoms. The molecule has 9 nitrogen and oxygen atoms in total. The second kappa shape index (κ2) is 8.71. The van der Waals surface area contributed by atoms with Crippen LogP contribution in [0.2, 0.25) is 0 Å². The quantitative estimate of drug-likeness (QED) is 0.623. The smallest absolute Gasteiger partial charge is 0.232 e. The Bertz CT molecular complexity index is 1060. The summed E-state index contributed by atoms with van der Waals surface area (Å²) in [6, 6.07) is 9.23. The second-order valence-electron chi connectivity index (χ2n) is 7.86. The predicted octanol–water partition coefficient (Wildman–Crippen LogP) is 2.31. The van der Waals surface area contributed by atoms with Gasteiger partial charge in [0.25, 0.3) is 0 Å². The van der Waals surface area contributed by atoms with Gasteiger partial charge in [-0.25, -0.2) is 0 Å². The summed E-state index contributed by atoms with van der Waals surface area (Å²) in [4.78, 5) is 29.6. The average Bonchev–Trinajstić information content (AvgIpc) is 3.49. The van der Waals surface area contributed by atoms with Crippen molar-refractivity contribution in [2.45, 2.75) is 45.1 Å². The van der Waals surface area contributed by atoms with Gasteiger partial charge in [-0.3, -0.25) is 9.59 Å². The number of rotatable bonds is 6. The number of aromatic nitrogens is 3. The fourth-order valence-corrected chi connectivity index (χ4v) is 4.15. The molecule has 0 unspecified atom stereocenters. The van der Waals surface area contributed by atoms with Gasteiger partial charge in [0.15, 0.2) is 0 Å². The fourth-order valence-electron chi connectivity index (χ4n) is 4.15. The number of nitrogens with zero attached hydrogens (tertiary/aromatic N) is 3. The standard InChI is InChI=1S/C22H25N5O4/c1-12-16(13(2)30-26-12)11-19(28)24-18-10-15(21(29)23-3)9-17(18)22-25-20(27-31-22)14-7-5-4-6-8-14/h4-8,15,17-18H,9-11H2,1-3H3,(H,23,29)(H,24,28)/t15-,17-,18+/m1/s1. The molecule has 2 aromatic heterocycles. The van der Waals surface area contributed by atoms with E-state index in [0.717, 1.165) is 11.1 Å². The van der Waals surface area contributed by atoms with Gasteiger partial charge >= 0.3 is 0 Å². The molecule has 2 amide bonds. The largest absolute Gasteiger partial charge is 0.361 e. The zero-order chi connectivity index (χ0) is 22.0. The minimum atomic E-state index is -0.292. The Morgan fingerprint density at radius 2 is 1.87 bits per heavy atom. The third-order valence-electron chi connectivity index (χ3n) is 5.84. The average molecular weight is 423 g/mol. The van der Waals surface area contributed by atoms with Crippen LogP contribution in [0.5, 0.6) is 0 Å². The molecule has 3 atom stereocenters. The van der Waals surface area contributed by atoms with Crippen LogP contribution >= 0.6 is 0 Å². The number of aryl methyl sites for hydroxylation is 2. The van der Waals surface area contributed by atoms with Gasteiger partial charge in [0, 0.05) is 30.1 Å². The van der Waals surface area contributed by atoms with Crippen LogP contribution < -0.4 is 10.6 Å². The van der Waals surface area contributed by atoms with Crippen LogP contribution in [0.25, 0.3) is 11.4 Å². The zero-order valence-corrected chi connectivity index (χ0v) is 17.7. The molecule has 0 radical (unpaired) electrons. The third-order valence-corrected chi connectivity index (χ3v) is 5.84. The van der Waals surface area contributed by atoms with E-state index in [1.807, 2.05) is 37.3 Å². The molecule has 1 fully saturated rings. The Morgan fingerprint density at radius 1 is 1.10 bits per heavy atom. The summed E-state index contributed by atoms with van der Waals surface area (Å²) in [5, 5.41) is 13.8. The van der Waals surface area contributed by atoms with Crippen molar-refractivity contribution in [3.05, 3.63) is 53.2 Å². The molecule has 9 heteroatoms. The van der Waals surface area contributed by atoms with Crippen LogP contribution in [-0.2, 0) is 16.0 Å². The number of nitrogens with one attached hydrogen (secondary N) is 2. The maximum atomic E-state index is 12.8. The van der Waals surface area contributed by atoms with Crippen LogP contribution in [0.1, 0.15) is 41.7 Å². The Hall–Kier alpha value is -3.49. The molecular weight excluding hydrogens is 398 g/mol. The number of amides is 2. The van der Waals surface area contributed by atoms with Crippen LogP contribution in [-0.4, -0.2) is 40.2 Å². The molecule has 162 valence electrons. The highest BCUT2D eigenvalue weighted by atomic mass is 16.5. The molecule has 2 heterocycles. The number of carbonyl (C=O) groups excluding carboxylic acids is 2. The van der Waals surface area contributed by atoms with E-state index >= 15 is 0 Å². The summed E-state index contributed by atoms with van der Waals surface area (Å²) in [5.74, 6) is 0.822. The molecule has 4 rings (SSSR count). The fraction of sp³-hybridized carbons (Fsp3) is 0.409. The van der Waals surface area contributed by atoms with Crippen LogP contribution in [0.15, 0.2) is 39.4 Å². The first-order chi connectivity index (χ1) is 15.0. The summed E-state index contributed by atoms with van der Waals surface area (Å²) in [6.07, 6.45) is 1.18. The van der Waals surface area contributed by atoms with Gasteiger partial charge in [-0.15, -0.1) is 0 Å². The highest BCUT2D eigenvalue weighted by Gasteiger charge is 2.42. The monoisotopic (exact) mass is 423 g/mol. The van der Waals surface area contributed by atoms with Crippen LogP contribution in [0.4, 0.5) is 0 Å². The van der Waals surface area contributed by atoms with E-state index in [2.05, 4.69) is 25.9 Å². The molecule has 2 N–H and O–H groups in total. The minimum Gasteiger partial charge on any atom is -0.361 e. The number of benzene rings is 1. The molecule has 31 heavy (non-hydrogen) atoms. The highest BCUT2D eigenvalue weighted by molar-refractivity contribution is 5.81. The maximum Gasteiger partial charge on any atom is 0.232 e. The van der Waals surface area contributed by atoms with Gasteiger partial charge in [0.2, 0.25) is 23.5 Å². The number of hydrogen-bond acceptors (Lipinski definition) is 7. The Kier molecular flexibility index (Phi) is 5.83. The van der Waals surface area contributed by atoms with Gasteiger partial charge in [0.1, 0.15) is 5.76 Å². The summed E-state index contributed by atoms with van der Waals surface area (Å²) in [6.45, 7) is 3.59. The van der Waals surface area contributed by atoms with E-state index in [9.17, 15) is 9.59 Å². The number of hydrogen-bond donors (Lipinski definition) is 2. The molecule has 1 aliphatic rings. The molecule has 1 aliphatic carbocycles. The summed E-state index contributed by atoms with van der Waals surface area (Å²) < 4.78 is 10.7. The lowest BCUT2D eigenvalue weighted by molar-refractivity contribution is -0.125. The molecule has 0 saturated heterocycles. The Morgan fingerprint density at radius 3 is 2.55 bits per heavy atom.